The number of alkyl halides is 3. The summed E-state index contributed by atoms with van der Waals surface area (Å²) < 4.78 is 64.0. The second-order valence-electron chi connectivity index (χ2n) is 4.36. The summed E-state index contributed by atoms with van der Waals surface area (Å²) in [4.78, 5) is 25.0. The number of anilines is 1. The van der Waals surface area contributed by atoms with Crippen LogP contribution in [0.15, 0.2) is 29.2 Å². The standard InChI is InChI=1S/C13H7F5N2O3/c14-6-2-7(15)10(9(21)3-6)12(23)20-8-1-5(13(16,17)18)4-19-11(8)22/h1-4,21H,(H,19,22)(H,20,23). The molecular formula is C13H7F5N2O3. The third kappa shape index (κ3) is 3.47. The average molecular weight is 334 g/mol. The Labute approximate surface area is 124 Å². The molecule has 1 aromatic carbocycles. The van der Waals surface area contributed by atoms with Crippen LogP contribution in [-0.2, 0) is 6.18 Å². The molecule has 0 aliphatic rings. The number of carbonyl (C=O) groups is 1. The molecule has 10 heteroatoms. The lowest BCUT2D eigenvalue weighted by Gasteiger charge is -2.10. The molecule has 0 atom stereocenters. The molecule has 1 heterocycles. The fraction of sp³-hybridized carbons (Fsp3) is 0.0769. The smallest absolute Gasteiger partial charge is 0.417 e. The molecule has 2 rings (SSSR count). The fourth-order valence-electron chi connectivity index (χ4n) is 1.71. The Hall–Kier alpha value is -2.91. The molecule has 0 fully saturated rings. The highest BCUT2D eigenvalue weighted by Crippen LogP contribution is 2.29. The zero-order valence-corrected chi connectivity index (χ0v) is 11.0. The van der Waals surface area contributed by atoms with Gasteiger partial charge in [-0.3, -0.25) is 9.59 Å². The van der Waals surface area contributed by atoms with Crippen LogP contribution >= 0.6 is 0 Å². The quantitative estimate of drug-likeness (QED) is 0.739. The van der Waals surface area contributed by atoms with E-state index < -0.39 is 51.8 Å². The normalized spacial score (nSPS) is 11.3. The Balaban J connectivity index is 2.40. The summed E-state index contributed by atoms with van der Waals surface area (Å²) in [5.74, 6) is -5.08. The van der Waals surface area contributed by atoms with Gasteiger partial charge in [-0.2, -0.15) is 13.2 Å². The Morgan fingerprint density at radius 2 is 1.83 bits per heavy atom. The van der Waals surface area contributed by atoms with E-state index in [2.05, 4.69) is 0 Å². The van der Waals surface area contributed by atoms with E-state index in [1.807, 2.05) is 0 Å². The number of halogens is 5. The van der Waals surface area contributed by atoms with Crippen LogP contribution in [0.1, 0.15) is 15.9 Å². The minimum absolute atomic E-state index is 0.297. The van der Waals surface area contributed by atoms with Crippen molar-refractivity contribution in [3.63, 3.8) is 0 Å². The van der Waals surface area contributed by atoms with Crippen molar-refractivity contribution in [2.24, 2.45) is 0 Å². The van der Waals surface area contributed by atoms with E-state index in [9.17, 15) is 36.6 Å². The summed E-state index contributed by atoms with van der Waals surface area (Å²) in [5, 5.41) is 11.1. The lowest BCUT2D eigenvalue weighted by atomic mass is 10.1. The summed E-state index contributed by atoms with van der Waals surface area (Å²) in [5.41, 5.74) is -4.15. The molecule has 2 aromatic rings. The zero-order chi connectivity index (χ0) is 17.4. The van der Waals surface area contributed by atoms with Crippen LogP contribution in [0.2, 0.25) is 0 Å². The summed E-state index contributed by atoms with van der Waals surface area (Å²) in [6.45, 7) is 0. The number of rotatable bonds is 2. The van der Waals surface area contributed by atoms with Crippen molar-refractivity contribution in [1.29, 1.82) is 0 Å². The van der Waals surface area contributed by atoms with Crippen LogP contribution in [0.25, 0.3) is 0 Å². The molecule has 122 valence electrons. The second kappa shape index (κ2) is 5.71. The number of aromatic nitrogens is 1. The van der Waals surface area contributed by atoms with E-state index in [0.717, 1.165) is 0 Å². The van der Waals surface area contributed by atoms with Crippen molar-refractivity contribution in [2.75, 3.05) is 5.32 Å². The van der Waals surface area contributed by atoms with Crippen molar-refractivity contribution in [2.45, 2.75) is 6.18 Å². The first-order valence-electron chi connectivity index (χ1n) is 5.89. The Morgan fingerprint density at radius 1 is 1.17 bits per heavy atom. The van der Waals surface area contributed by atoms with Gasteiger partial charge in [0.25, 0.3) is 11.5 Å². The molecule has 0 saturated carbocycles. The number of H-pyrrole nitrogens is 1. The molecule has 0 bridgehead atoms. The summed E-state index contributed by atoms with van der Waals surface area (Å²) in [6.07, 6.45) is -4.39. The van der Waals surface area contributed by atoms with Gasteiger partial charge in [0, 0.05) is 18.3 Å². The summed E-state index contributed by atoms with van der Waals surface area (Å²) in [6, 6.07) is 1.08. The minimum Gasteiger partial charge on any atom is -0.507 e. The molecule has 3 N–H and O–H groups in total. The van der Waals surface area contributed by atoms with E-state index in [1.165, 1.54) is 0 Å². The third-order valence-electron chi connectivity index (χ3n) is 2.74. The largest absolute Gasteiger partial charge is 0.507 e. The maximum absolute atomic E-state index is 13.5. The maximum atomic E-state index is 13.5. The lowest BCUT2D eigenvalue weighted by Crippen LogP contribution is -2.22. The lowest BCUT2D eigenvalue weighted by molar-refractivity contribution is -0.137. The van der Waals surface area contributed by atoms with Crippen LogP contribution in [0.5, 0.6) is 5.75 Å². The molecule has 0 aliphatic carbocycles. The van der Waals surface area contributed by atoms with Gasteiger partial charge in [0.2, 0.25) is 0 Å². The van der Waals surface area contributed by atoms with E-state index in [0.29, 0.717) is 24.4 Å². The zero-order valence-electron chi connectivity index (χ0n) is 11.0. The molecule has 0 spiro atoms. The monoisotopic (exact) mass is 334 g/mol. The number of aromatic amines is 1. The first-order valence-corrected chi connectivity index (χ1v) is 5.89. The van der Waals surface area contributed by atoms with Gasteiger partial charge < -0.3 is 15.4 Å². The number of amides is 1. The summed E-state index contributed by atoms with van der Waals surface area (Å²) in [7, 11) is 0. The van der Waals surface area contributed by atoms with Crippen molar-refractivity contribution in [1.82, 2.24) is 4.98 Å². The topological polar surface area (TPSA) is 82.2 Å². The predicted octanol–water partition coefficient (Wildman–Crippen LogP) is 2.63. The van der Waals surface area contributed by atoms with Gasteiger partial charge >= 0.3 is 6.18 Å². The van der Waals surface area contributed by atoms with Gasteiger partial charge in [0.05, 0.1) is 5.56 Å². The van der Waals surface area contributed by atoms with Gasteiger partial charge in [-0.1, -0.05) is 0 Å². The average Bonchev–Trinajstić information content (AvgIpc) is 2.38. The highest BCUT2D eigenvalue weighted by atomic mass is 19.4. The van der Waals surface area contributed by atoms with Gasteiger partial charge in [-0.25, -0.2) is 8.78 Å². The number of phenols is 1. The molecular weight excluding hydrogens is 327 g/mol. The van der Waals surface area contributed by atoms with Crippen LogP contribution < -0.4 is 10.9 Å². The Kier molecular flexibility index (Phi) is 4.08. The van der Waals surface area contributed by atoms with Crippen molar-refractivity contribution in [3.8, 4) is 5.75 Å². The number of nitrogens with one attached hydrogen (secondary N) is 2. The van der Waals surface area contributed by atoms with Crippen molar-refractivity contribution < 1.29 is 31.9 Å². The van der Waals surface area contributed by atoms with Crippen LogP contribution in [0.4, 0.5) is 27.6 Å². The van der Waals surface area contributed by atoms with E-state index in [4.69, 9.17) is 0 Å². The number of phenolic OH excluding ortho intramolecular Hbond substituents is 1. The Bertz CT molecular complexity index is 806. The second-order valence-corrected chi connectivity index (χ2v) is 4.36. The number of aromatic hydroxyl groups is 1. The molecule has 1 aromatic heterocycles. The first kappa shape index (κ1) is 16.5. The molecule has 5 nitrogen and oxygen atoms in total. The highest BCUT2D eigenvalue weighted by Gasteiger charge is 2.31. The van der Waals surface area contributed by atoms with Gasteiger partial charge in [-0.05, 0) is 6.07 Å². The van der Waals surface area contributed by atoms with Crippen LogP contribution in [0.3, 0.4) is 0 Å². The minimum atomic E-state index is -4.78. The molecule has 1 amide bonds. The van der Waals surface area contributed by atoms with Crippen LogP contribution in [0, 0.1) is 11.6 Å². The highest BCUT2D eigenvalue weighted by molar-refractivity contribution is 6.06. The van der Waals surface area contributed by atoms with Crippen molar-refractivity contribution >= 4 is 11.6 Å². The molecule has 0 unspecified atom stereocenters. The molecule has 0 aliphatic heterocycles. The van der Waals surface area contributed by atoms with E-state index >= 15 is 0 Å². The third-order valence-corrected chi connectivity index (χ3v) is 2.74. The van der Waals surface area contributed by atoms with Crippen LogP contribution in [-0.4, -0.2) is 16.0 Å². The van der Waals surface area contributed by atoms with Crippen molar-refractivity contribution in [3.05, 3.63) is 57.5 Å². The molecule has 0 radical (unpaired) electrons. The summed E-state index contributed by atoms with van der Waals surface area (Å²) >= 11 is 0. The number of pyridine rings is 1. The number of carbonyl (C=O) groups excluding carboxylic acids is 1. The molecule has 0 saturated heterocycles. The molecule has 23 heavy (non-hydrogen) atoms. The van der Waals surface area contributed by atoms with Gasteiger partial charge in [-0.15, -0.1) is 0 Å². The maximum Gasteiger partial charge on any atom is 0.417 e. The van der Waals surface area contributed by atoms with Gasteiger partial charge in [0.15, 0.2) is 0 Å². The SMILES string of the molecule is O=C(Nc1cc(C(F)(F)F)c[nH]c1=O)c1c(O)cc(F)cc1F. The van der Waals surface area contributed by atoms with E-state index in [1.54, 1.807) is 10.3 Å². The number of hydrogen-bond acceptors (Lipinski definition) is 3. The first-order chi connectivity index (χ1) is 10.6. The number of benzene rings is 1. The predicted molar refractivity (Wildman–Crippen MR) is 68.0 cm³/mol. The number of hydrogen-bond donors (Lipinski definition) is 3. The Morgan fingerprint density at radius 3 is 2.39 bits per heavy atom. The fourth-order valence-corrected chi connectivity index (χ4v) is 1.71. The van der Waals surface area contributed by atoms with E-state index in [-0.39, 0.29) is 0 Å². The van der Waals surface area contributed by atoms with Gasteiger partial charge in [0.1, 0.15) is 28.6 Å².